The predicted octanol–water partition coefficient (Wildman–Crippen LogP) is 4.60. The van der Waals surface area contributed by atoms with Gasteiger partial charge in [-0.2, -0.15) is 0 Å². The highest BCUT2D eigenvalue weighted by molar-refractivity contribution is 8.26. The fourth-order valence-corrected chi connectivity index (χ4v) is 4.86. The summed E-state index contributed by atoms with van der Waals surface area (Å²) in [5.74, 6) is 0.121. The summed E-state index contributed by atoms with van der Waals surface area (Å²) in [6.45, 7) is 3.13. The van der Waals surface area contributed by atoms with Crippen LogP contribution in [0, 0.1) is 6.92 Å². The van der Waals surface area contributed by atoms with Gasteiger partial charge in [0, 0.05) is 6.61 Å². The number of carbonyl (C=O) groups is 2. The second-order valence-corrected chi connectivity index (χ2v) is 9.27. The summed E-state index contributed by atoms with van der Waals surface area (Å²) in [5, 5.41) is 0. The van der Waals surface area contributed by atoms with Gasteiger partial charge in [-0.05, 0) is 55.7 Å². The van der Waals surface area contributed by atoms with E-state index in [-0.39, 0.29) is 12.0 Å². The molecular formula is C24H23NO5S2. The summed E-state index contributed by atoms with van der Waals surface area (Å²) >= 11 is 6.68. The van der Waals surface area contributed by atoms with Crippen LogP contribution in [0.4, 0.5) is 0 Å². The number of esters is 1. The van der Waals surface area contributed by atoms with Crippen LogP contribution in [0.3, 0.4) is 0 Å². The Balaban J connectivity index is 1.50. The number of rotatable bonds is 6. The minimum atomic E-state index is -0.463. The Morgan fingerprint density at radius 1 is 1.28 bits per heavy atom. The predicted molar refractivity (Wildman–Crippen MR) is 128 cm³/mol. The number of carbonyl (C=O) groups excluding carboxylic acids is 2. The highest BCUT2D eigenvalue weighted by Gasteiger charge is 2.34. The molecule has 1 atom stereocenters. The van der Waals surface area contributed by atoms with Crippen molar-refractivity contribution in [3.63, 3.8) is 0 Å². The zero-order valence-electron chi connectivity index (χ0n) is 17.8. The van der Waals surface area contributed by atoms with Crippen LogP contribution in [-0.4, -0.2) is 47.5 Å². The van der Waals surface area contributed by atoms with Crippen LogP contribution in [0.25, 0.3) is 6.08 Å². The number of amides is 1. The van der Waals surface area contributed by atoms with E-state index in [9.17, 15) is 9.59 Å². The molecule has 0 saturated carbocycles. The van der Waals surface area contributed by atoms with Gasteiger partial charge in [0.05, 0.1) is 30.2 Å². The fraction of sp³-hybridized carbons (Fsp3) is 0.292. The van der Waals surface area contributed by atoms with Crippen molar-refractivity contribution in [3.05, 3.63) is 64.1 Å². The molecular weight excluding hydrogens is 446 g/mol. The molecule has 1 unspecified atom stereocenters. The normalized spacial score (nSPS) is 19.6. The van der Waals surface area contributed by atoms with Gasteiger partial charge in [-0.1, -0.05) is 47.7 Å². The Hall–Kier alpha value is -2.68. The first-order valence-electron chi connectivity index (χ1n) is 10.3. The molecule has 0 radical (unpaired) electrons. The van der Waals surface area contributed by atoms with Crippen molar-refractivity contribution in [3.8, 4) is 11.5 Å². The van der Waals surface area contributed by atoms with Gasteiger partial charge in [-0.15, -0.1) is 0 Å². The molecule has 2 aliphatic rings. The van der Waals surface area contributed by atoms with Crippen molar-refractivity contribution in [2.45, 2.75) is 25.9 Å². The zero-order chi connectivity index (χ0) is 22.7. The molecule has 0 bridgehead atoms. The second kappa shape index (κ2) is 9.85. The Morgan fingerprint density at radius 3 is 2.84 bits per heavy atom. The van der Waals surface area contributed by atoms with E-state index < -0.39 is 5.97 Å². The molecule has 2 heterocycles. The molecule has 1 amide bonds. The lowest BCUT2D eigenvalue weighted by Gasteiger charge is -2.18. The van der Waals surface area contributed by atoms with Crippen molar-refractivity contribution in [1.82, 2.24) is 4.90 Å². The van der Waals surface area contributed by atoms with Crippen LogP contribution in [-0.2, 0) is 9.53 Å². The number of benzene rings is 2. The van der Waals surface area contributed by atoms with Crippen molar-refractivity contribution < 1.29 is 23.8 Å². The second-order valence-electron chi connectivity index (χ2n) is 7.60. The van der Waals surface area contributed by atoms with Crippen LogP contribution in [0.2, 0.25) is 0 Å². The molecule has 6 nitrogen and oxygen atoms in total. The number of thioether (sulfide) groups is 1. The van der Waals surface area contributed by atoms with E-state index in [4.69, 9.17) is 26.4 Å². The van der Waals surface area contributed by atoms with Gasteiger partial charge in [-0.25, -0.2) is 4.79 Å². The number of hydrogen-bond acceptors (Lipinski definition) is 7. The first-order valence-corrected chi connectivity index (χ1v) is 11.5. The van der Waals surface area contributed by atoms with Gasteiger partial charge in [0.1, 0.15) is 4.32 Å². The lowest BCUT2D eigenvalue weighted by atomic mass is 10.1. The molecule has 2 aromatic carbocycles. The lowest BCUT2D eigenvalue weighted by Crippen LogP contribution is -2.35. The van der Waals surface area contributed by atoms with E-state index in [1.54, 1.807) is 47.4 Å². The van der Waals surface area contributed by atoms with Crippen molar-refractivity contribution in [1.29, 1.82) is 0 Å². The van der Waals surface area contributed by atoms with Gasteiger partial charge < -0.3 is 14.2 Å². The number of thiocarbonyl (C=S) groups is 1. The van der Waals surface area contributed by atoms with Crippen LogP contribution >= 0.6 is 24.0 Å². The molecule has 0 spiro atoms. The van der Waals surface area contributed by atoms with Crippen LogP contribution in [0.15, 0.2) is 47.4 Å². The third-order valence-electron chi connectivity index (χ3n) is 5.23. The maximum atomic E-state index is 12.9. The molecule has 2 fully saturated rings. The molecule has 8 heteroatoms. The third-order valence-corrected chi connectivity index (χ3v) is 6.60. The SMILES string of the molecule is COc1cc(C=C2SC(=S)N(CC3CCCO3)C2=O)ccc1OC(=O)c1cccc(C)c1. The third kappa shape index (κ3) is 5.03. The molecule has 0 aromatic heterocycles. The summed E-state index contributed by atoms with van der Waals surface area (Å²) in [6.07, 6.45) is 3.76. The first kappa shape index (κ1) is 22.5. The van der Waals surface area contributed by atoms with Crippen LogP contribution in [0.1, 0.15) is 34.3 Å². The molecule has 166 valence electrons. The number of hydrogen-bond donors (Lipinski definition) is 0. The smallest absolute Gasteiger partial charge is 0.343 e. The maximum absolute atomic E-state index is 12.9. The van der Waals surface area contributed by atoms with Crippen molar-refractivity contribution >= 4 is 46.3 Å². The molecule has 32 heavy (non-hydrogen) atoms. The van der Waals surface area contributed by atoms with Gasteiger partial charge in [0.15, 0.2) is 11.5 Å². The monoisotopic (exact) mass is 469 g/mol. The highest BCUT2D eigenvalue weighted by Crippen LogP contribution is 2.35. The van der Waals surface area contributed by atoms with Gasteiger partial charge in [0.2, 0.25) is 0 Å². The molecule has 0 aliphatic carbocycles. The summed E-state index contributed by atoms with van der Waals surface area (Å²) in [7, 11) is 1.50. The summed E-state index contributed by atoms with van der Waals surface area (Å²) in [6, 6.07) is 12.3. The largest absolute Gasteiger partial charge is 0.493 e. The molecule has 0 N–H and O–H groups in total. The van der Waals surface area contributed by atoms with Gasteiger partial charge in [-0.3, -0.25) is 9.69 Å². The zero-order valence-corrected chi connectivity index (χ0v) is 19.5. The lowest BCUT2D eigenvalue weighted by molar-refractivity contribution is -0.123. The molecule has 4 rings (SSSR count). The van der Waals surface area contributed by atoms with E-state index in [0.29, 0.717) is 32.8 Å². The van der Waals surface area contributed by atoms with E-state index in [0.717, 1.165) is 30.6 Å². The Kier molecular flexibility index (Phi) is 6.93. The number of ether oxygens (including phenoxy) is 3. The molecule has 2 saturated heterocycles. The van der Waals surface area contributed by atoms with Crippen LogP contribution < -0.4 is 9.47 Å². The van der Waals surface area contributed by atoms with Gasteiger partial charge in [0.25, 0.3) is 5.91 Å². The first-order chi connectivity index (χ1) is 15.4. The van der Waals surface area contributed by atoms with Crippen LogP contribution in [0.5, 0.6) is 11.5 Å². The average Bonchev–Trinajstić information content (AvgIpc) is 3.39. The summed E-state index contributed by atoms with van der Waals surface area (Å²) in [5.41, 5.74) is 2.18. The Labute approximate surface area is 196 Å². The Bertz CT molecular complexity index is 1090. The van der Waals surface area contributed by atoms with Gasteiger partial charge >= 0.3 is 5.97 Å². The topological polar surface area (TPSA) is 65.1 Å². The summed E-state index contributed by atoms with van der Waals surface area (Å²) < 4.78 is 17.1. The maximum Gasteiger partial charge on any atom is 0.343 e. The highest BCUT2D eigenvalue weighted by atomic mass is 32.2. The van der Waals surface area contributed by atoms with E-state index in [1.807, 2.05) is 13.0 Å². The fourth-order valence-electron chi connectivity index (χ4n) is 3.59. The standard InChI is InChI=1S/C24H23NO5S2/c1-15-5-3-6-17(11-15)23(27)30-19-9-8-16(12-20(19)28-2)13-21-22(26)25(24(31)32-21)14-18-7-4-10-29-18/h3,5-6,8-9,11-13,18H,4,7,10,14H2,1-2H3. The van der Waals surface area contributed by atoms with E-state index in [1.165, 1.54) is 18.9 Å². The average molecular weight is 470 g/mol. The number of nitrogens with zero attached hydrogens (tertiary/aromatic N) is 1. The van der Waals surface area contributed by atoms with E-state index >= 15 is 0 Å². The quantitative estimate of drug-likeness (QED) is 0.265. The Morgan fingerprint density at radius 2 is 2.12 bits per heavy atom. The minimum Gasteiger partial charge on any atom is -0.493 e. The number of aryl methyl sites for hydroxylation is 1. The van der Waals surface area contributed by atoms with E-state index in [2.05, 4.69) is 0 Å². The summed E-state index contributed by atoms with van der Waals surface area (Å²) in [4.78, 5) is 27.5. The van der Waals surface area contributed by atoms with Crippen molar-refractivity contribution in [2.24, 2.45) is 0 Å². The molecule has 2 aliphatic heterocycles. The minimum absolute atomic E-state index is 0.0410. The molecule has 2 aromatic rings. The number of methoxy groups -OCH3 is 1. The van der Waals surface area contributed by atoms with Crippen molar-refractivity contribution in [2.75, 3.05) is 20.3 Å².